The van der Waals surface area contributed by atoms with E-state index < -0.39 is 0 Å². The van der Waals surface area contributed by atoms with Crippen LogP contribution in [0, 0.1) is 0 Å². The van der Waals surface area contributed by atoms with Crippen molar-refractivity contribution in [3.63, 3.8) is 0 Å². The fraction of sp³-hybridized carbons (Fsp3) is 0.190. The first-order chi connectivity index (χ1) is 12.6. The summed E-state index contributed by atoms with van der Waals surface area (Å²) in [5.74, 6) is 0.371. The van der Waals surface area contributed by atoms with Crippen LogP contribution < -0.4 is 5.32 Å². The average molecular weight is 363 g/mol. The van der Waals surface area contributed by atoms with Crippen LogP contribution in [-0.4, -0.2) is 15.9 Å². The number of benzene rings is 1. The molecule has 26 heavy (non-hydrogen) atoms. The van der Waals surface area contributed by atoms with Crippen molar-refractivity contribution < 1.29 is 4.79 Å². The Labute approximate surface area is 157 Å². The van der Waals surface area contributed by atoms with Gasteiger partial charge in [0, 0.05) is 17.7 Å². The summed E-state index contributed by atoms with van der Waals surface area (Å²) in [6, 6.07) is 14.0. The number of nitrogens with one attached hydrogen (secondary N) is 1. The number of carbonyl (C=O) groups excluding carboxylic acids is 1. The van der Waals surface area contributed by atoms with E-state index in [1.807, 2.05) is 41.8 Å². The third-order valence-electron chi connectivity index (χ3n) is 3.91. The highest BCUT2D eigenvalue weighted by atomic mass is 32.1. The molecule has 0 unspecified atom stereocenters. The van der Waals surface area contributed by atoms with E-state index in [0.717, 1.165) is 22.0 Å². The van der Waals surface area contributed by atoms with E-state index in [1.54, 1.807) is 12.3 Å². The minimum atomic E-state index is -0.134. The zero-order valence-corrected chi connectivity index (χ0v) is 15.7. The number of nitrogens with zero attached hydrogens (tertiary/aromatic N) is 2. The predicted molar refractivity (Wildman–Crippen MR) is 107 cm³/mol. The Morgan fingerprint density at radius 2 is 2.00 bits per heavy atom. The van der Waals surface area contributed by atoms with Gasteiger partial charge in [0.25, 0.3) is 0 Å². The fourth-order valence-corrected chi connectivity index (χ4v) is 3.19. The summed E-state index contributed by atoms with van der Waals surface area (Å²) < 4.78 is 0. The third kappa shape index (κ3) is 4.86. The number of pyridine rings is 1. The van der Waals surface area contributed by atoms with Crippen LogP contribution >= 0.6 is 11.3 Å². The van der Waals surface area contributed by atoms with Gasteiger partial charge in [-0.25, -0.2) is 4.98 Å². The van der Waals surface area contributed by atoms with Crippen molar-refractivity contribution in [1.29, 1.82) is 0 Å². The molecule has 3 aromatic rings. The van der Waals surface area contributed by atoms with Crippen LogP contribution in [-0.2, 0) is 11.3 Å². The molecule has 0 aliphatic rings. The topological polar surface area (TPSA) is 54.9 Å². The van der Waals surface area contributed by atoms with Crippen LogP contribution in [0.1, 0.15) is 36.6 Å². The Hall–Kier alpha value is -2.79. The maximum Gasteiger partial charge on any atom is 0.244 e. The molecule has 1 aromatic carbocycles. The molecule has 0 radical (unpaired) electrons. The highest BCUT2D eigenvalue weighted by Crippen LogP contribution is 2.21. The zero-order chi connectivity index (χ0) is 18.4. The zero-order valence-electron chi connectivity index (χ0n) is 14.8. The highest BCUT2D eigenvalue weighted by molar-refractivity contribution is 7.13. The normalized spacial score (nSPS) is 11.2. The molecule has 0 spiro atoms. The Morgan fingerprint density at radius 1 is 1.19 bits per heavy atom. The van der Waals surface area contributed by atoms with Crippen molar-refractivity contribution in [3.05, 3.63) is 76.9 Å². The van der Waals surface area contributed by atoms with Gasteiger partial charge in [-0.05, 0) is 35.3 Å². The molecule has 0 atom stereocenters. The number of hydrogen-bond donors (Lipinski definition) is 1. The van der Waals surface area contributed by atoms with Crippen LogP contribution in [0.4, 0.5) is 0 Å². The van der Waals surface area contributed by atoms with Gasteiger partial charge in [0.1, 0.15) is 5.01 Å². The molecule has 0 fully saturated rings. The smallest absolute Gasteiger partial charge is 0.244 e. The summed E-state index contributed by atoms with van der Waals surface area (Å²) in [4.78, 5) is 20.8. The second-order valence-corrected chi connectivity index (χ2v) is 7.09. The molecule has 3 rings (SSSR count). The summed E-state index contributed by atoms with van der Waals surface area (Å²) in [6.07, 6.45) is 5.12. The first-order valence-electron chi connectivity index (χ1n) is 8.53. The fourth-order valence-electron chi connectivity index (χ4n) is 2.40. The van der Waals surface area contributed by atoms with Gasteiger partial charge >= 0.3 is 0 Å². The molecular formula is C21H21N3OS. The molecule has 0 aliphatic heterocycles. The lowest BCUT2D eigenvalue weighted by Gasteiger charge is -2.04. The van der Waals surface area contributed by atoms with E-state index in [4.69, 9.17) is 0 Å². The van der Waals surface area contributed by atoms with Gasteiger partial charge in [0.2, 0.25) is 5.91 Å². The van der Waals surface area contributed by atoms with Gasteiger partial charge in [0.05, 0.1) is 17.9 Å². The van der Waals surface area contributed by atoms with Crippen LogP contribution in [0.2, 0.25) is 0 Å². The second kappa shape index (κ2) is 8.54. The molecule has 5 heteroatoms. The summed E-state index contributed by atoms with van der Waals surface area (Å²) in [5.41, 5.74) is 3.98. The number of hydrogen-bond acceptors (Lipinski definition) is 4. The second-order valence-electron chi connectivity index (χ2n) is 6.23. The largest absolute Gasteiger partial charge is 0.347 e. The quantitative estimate of drug-likeness (QED) is 0.648. The van der Waals surface area contributed by atoms with E-state index in [-0.39, 0.29) is 5.91 Å². The highest BCUT2D eigenvalue weighted by Gasteiger charge is 2.06. The monoisotopic (exact) mass is 363 g/mol. The Kier molecular flexibility index (Phi) is 5.92. The van der Waals surface area contributed by atoms with Gasteiger partial charge < -0.3 is 5.32 Å². The van der Waals surface area contributed by atoms with Crippen LogP contribution in [0.15, 0.2) is 60.1 Å². The van der Waals surface area contributed by atoms with Crippen molar-refractivity contribution in [2.75, 3.05) is 0 Å². The molecule has 0 saturated carbocycles. The number of thiazole rings is 1. The number of carbonyl (C=O) groups is 1. The molecular weight excluding hydrogens is 342 g/mol. The number of rotatable bonds is 6. The molecule has 1 N–H and O–H groups in total. The average Bonchev–Trinajstić information content (AvgIpc) is 3.15. The molecule has 2 heterocycles. The van der Waals surface area contributed by atoms with Crippen molar-refractivity contribution in [3.8, 4) is 10.7 Å². The standard InChI is InChI=1S/C21H21N3OS/c1-15(2)17-9-6-16(7-10-17)8-11-20(25)23-13-18-14-26-21(24-18)19-5-3-4-12-22-19/h3-12,14-15H,13H2,1-2H3,(H,23,25)/b11-8+. The minimum absolute atomic E-state index is 0.134. The SMILES string of the molecule is CC(C)c1ccc(/C=C/C(=O)NCc2csc(-c3ccccn3)n2)cc1. The van der Waals surface area contributed by atoms with E-state index in [9.17, 15) is 4.79 Å². The molecule has 132 valence electrons. The van der Waals surface area contributed by atoms with Crippen molar-refractivity contribution >= 4 is 23.3 Å². The van der Waals surface area contributed by atoms with Gasteiger partial charge in [-0.3, -0.25) is 9.78 Å². The van der Waals surface area contributed by atoms with Gasteiger partial charge in [0.15, 0.2) is 0 Å². The lowest BCUT2D eigenvalue weighted by molar-refractivity contribution is -0.116. The molecule has 0 bridgehead atoms. The van der Waals surface area contributed by atoms with Crippen LogP contribution in [0.3, 0.4) is 0 Å². The molecule has 0 saturated heterocycles. The van der Waals surface area contributed by atoms with Crippen LogP contribution in [0.25, 0.3) is 16.8 Å². The summed E-state index contributed by atoms with van der Waals surface area (Å²) >= 11 is 1.53. The van der Waals surface area contributed by atoms with Crippen LogP contribution in [0.5, 0.6) is 0 Å². The first-order valence-corrected chi connectivity index (χ1v) is 9.41. The predicted octanol–water partition coefficient (Wildman–Crippen LogP) is 4.66. The maximum absolute atomic E-state index is 12.0. The van der Waals surface area contributed by atoms with Crippen molar-refractivity contribution in [2.45, 2.75) is 26.3 Å². The van der Waals surface area contributed by atoms with E-state index >= 15 is 0 Å². The first kappa shape index (κ1) is 18.0. The van der Waals surface area contributed by atoms with Gasteiger partial charge in [-0.2, -0.15) is 0 Å². The Bertz CT molecular complexity index is 883. The summed E-state index contributed by atoms with van der Waals surface area (Å²) in [7, 11) is 0. The van der Waals surface area contributed by atoms with Gasteiger partial charge in [-0.15, -0.1) is 11.3 Å². The minimum Gasteiger partial charge on any atom is -0.347 e. The summed E-state index contributed by atoms with van der Waals surface area (Å²) in [6.45, 7) is 4.73. The van der Waals surface area contributed by atoms with E-state index in [2.05, 4.69) is 41.3 Å². The number of aromatic nitrogens is 2. The molecule has 4 nitrogen and oxygen atoms in total. The maximum atomic E-state index is 12.0. The lowest BCUT2D eigenvalue weighted by Crippen LogP contribution is -2.20. The molecule has 1 amide bonds. The molecule has 0 aliphatic carbocycles. The molecule has 2 aromatic heterocycles. The van der Waals surface area contributed by atoms with Crippen molar-refractivity contribution in [2.24, 2.45) is 0 Å². The Balaban J connectivity index is 1.53. The third-order valence-corrected chi connectivity index (χ3v) is 4.82. The van der Waals surface area contributed by atoms with E-state index in [1.165, 1.54) is 16.9 Å². The van der Waals surface area contributed by atoms with Crippen molar-refractivity contribution in [1.82, 2.24) is 15.3 Å². The lowest BCUT2D eigenvalue weighted by atomic mass is 10.0. The van der Waals surface area contributed by atoms with Gasteiger partial charge in [-0.1, -0.05) is 44.2 Å². The Morgan fingerprint density at radius 3 is 2.69 bits per heavy atom. The summed E-state index contributed by atoms with van der Waals surface area (Å²) in [5, 5.41) is 5.66. The van der Waals surface area contributed by atoms with E-state index in [0.29, 0.717) is 12.5 Å². The number of amides is 1.